The molecule has 1 aromatic rings. The molecule has 6 heteroatoms. The molecule has 0 saturated carbocycles. The van der Waals surface area contributed by atoms with Gasteiger partial charge in [0.2, 0.25) is 0 Å². The molecule has 16 heavy (non-hydrogen) atoms. The van der Waals surface area contributed by atoms with Gasteiger partial charge in [-0.3, -0.25) is 4.79 Å². The minimum absolute atomic E-state index is 0.0622. The van der Waals surface area contributed by atoms with Gasteiger partial charge >= 0.3 is 5.97 Å². The molecule has 1 aromatic heterocycles. The monoisotopic (exact) mass is 325 g/mol. The van der Waals surface area contributed by atoms with Gasteiger partial charge in [0.05, 0.1) is 8.81 Å². The molecule has 0 spiro atoms. The lowest BCUT2D eigenvalue weighted by Crippen LogP contribution is -2.15. The van der Waals surface area contributed by atoms with Gasteiger partial charge in [-0.1, -0.05) is 18.5 Å². The van der Waals surface area contributed by atoms with Gasteiger partial charge < -0.3 is 10.8 Å². The first-order valence-corrected chi connectivity index (χ1v) is 6.81. The van der Waals surface area contributed by atoms with E-state index in [-0.39, 0.29) is 18.4 Å². The maximum Gasteiger partial charge on any atom is 0.303 e. The van der Waals surface area contributed by atoms with Crippen LogP contribution < -0.4 is 5.73 Å². The topological polar surface area (TPSA) is 63.3 Å². The molecule has 0 radical (unpaired) electrons. The summed E-state index contributed by atoms with van der Waals surface area (Å²) >= 11 is 10.7. The van der Waals surface area contributed by atoms with Crippen LogP contribution in [0.2, 0.25) is 5.02 Å². The number of nitrogens with two attached hydrogens (primary N) is 1. The number of carboxylic acid groups (broad SMARTS) is 1. The van der Waals surface area contributed by atoms with Crippen LogP contribution in [0, 0.1) is 5.92 Å². The lowest BCUT2D eigenvalue weighted by Gasteiger charge is -2.14. The van der Waals surface area contributed by atoms with E-state index >= 15 is 0 Å². The second kappa shape index (κ2) is 6.00. The van der Waals surface area contributed by atoms with Crippen LogP contribution in [-0.4, -0.2) is 11.1 Å². The van der Waals surface area contributed by atoms with E-state index in [9.17, 15) is 4.79 Å². The van der Waals surface area contributed by atoms with Crippen molar-refractivity contribution in [3.8, 4) is 0 Å². The van der Waals surface area contributed by atoms with Crippen LogP contribution in [0.5, 0.6) is 0 Å². The van der Waals surface area contributed by atoms with Gasteiger partial charge in [0.15, 0.2) is 0 Å². The summed E-state index contributed by atoms with van der Waals surface area (Å²) in [6.45, 7) is 1.89. The Balaban J connectivity index is 2.58. The number of hydrogen-bond donors (Lipinski definition) is 2. The van der Waals surface area contributed by atoms with Gasteiger partial charge in [-0.25, -0.2) is 0 Å². The molecule has 0 aliphatic rings. The maximum absolute atomic E-state index is 10.5. The quantitative estimate of drug-likeness (QED) is 0.868. The lowest BCUT2D eigenvalue weighted by molar-refractivity contribution is -0.138. The third-order valence-electron chi connectivity index (χ3n) is 2.21. The SMILES string of the molecule is CC(CC(=O)O)CC(N)c1cc(Cl)c(Br)s1. The average molecular weight is 327 g/mol. The second-order valence-electron chi connectivity index (χ2n) is 3.82. The first-order valence-electron chi connectivity index (χ1n) is 4.82. The highest BCUT2D eigenvalue weighted by molar-refractivity contribution is 9.11. The fraction of sp³-hybridized carbons (Fsp3) is 0.500. The number of halogens is 2. The summed E-state index contributed by atoms with van der Waals surface area (Å²) in [5, 5.41) is 9.30. The van der Waals surface area contributed by atoms with Gasteiger partial charge in [0, 0.05) is 17.3 Å². The number of carboxylic acids is 1. The van der Waals surface area contributed by atoms with Gasteiger partial charge in [0.25, 0.3) is 0 Å². The van der Waals surface area contributed by atoms with Crippen molar-refractivity contribution in [2.75, 3.05) is 0 Å². The minimum atomic E-state index is -0.787. The number of carbonyl (C=O) groups is 1. The second-order valence-corrected chi connectivity index (χ2v) is 6.62. The number of hydrogen-bond acceptors (Lipinski definition) is 3. The smallest absolute Gasteiger partial charge is 0.303 e. The summed E-state index contributed by atoms with van der Waals surface area (Å²) in [4.78, 5) is 11.5. The lowest BCUT2D eigenvalue weighted by atomic mass is 9.98. The summed E-state index contributed by atoms with van der Waals surface area (Å²) in [6, 6.07) is 1.68. The number of aliphatic carboxylic acids is 1. The van der Waals surface area contributed by atoms with Gasteiger partial charge in [-0.2, -0.15) is 0 Å². The molecule has 2 atom stereocenters. The van der Waals surface area contributed by atoms with E-state index < -0.39 is 5.97 Å². The fourth-order valence-electron chi connectivity index (χ4n) is 1.48. The summed E-state index contributed by atoms with van der Waals surface area (Å²) in [7, 11) is 0. The summed E-state index contributed by atoms with van der Waals surface area (Å²) in [5.41, 5.74) is 5.99. The molecule has 0 aliphatic carbocycles. The predicted octanol–water partition coefficient (Wildman–Crippen LogP) is 3.66. The van der Waals surface area contributed by atoms with E-state index in [1.165, 1.54) is 11.3 Å². The van der Waals surface area contributed by atoms with E-state index in [4.69, 9.17) is 22.4 Å². The zero-order valence-corrected chi connectivity index (χ0v) is 11.9. The van der Waals surface area contributed by atoms with E-state index in [1.807, 2.05) is 13.0 Å². The molecule has 90 valence electrons. The third-order valence-corrected chi connectivity index (χ3v) is 4.82. The van der Waals surface area contributed by atoms with E-state index in [0.29, 0.717) is 11.4 Å². The van der Waals surface area contributed by atoms with Crippen LogP contribution in [0.3, 0.4) is 0 Å². The van der Waals surface area contributed by atoms with Crippen LogP contribution in [0.25, 0.3) is 0 Å². The van der Waals surface area contributed by atoms with Crippen LogP contribution in [0.15, 0.2) is 9.85 Å². The minimum Gasteiger partial charge on any atom is -0.481 e. The van der Waals surface area contributed by atoms with E-state index in [0.717, 1.165) is 8.66 Å². The van der Waals surface area contributed by atoms with Gasteiger partial charge in [0.1, 0.15) is 0 Å². The Hall–Kier alpha value is -0.100. The zero-order valence-electron chi connectivity index (χ0n) is 8.74. The molecule has 0 saturated heterocycles. The predicted molar refractivity (Wildman–Crippen MR) is 70.0 cm³/mol. The molecule has 0 aromatic carbocycles. The largest absolute Gasteiger partial charge is 0.481 e. The average Bonchev–Trinajstić information content (AvgIpc) is 2.45. The Morgan fingerprint density at radius 2 is 2.38 bits per heavy atom. The van der Waals surface area contributed by atoms with Crippen LogP contribution in [0.4, 0.5) is 0 Å². The third kappa shape index (κ3) is 4.05. The normalized spacial score (nSPS) is 14.8. The molecule has 3 nitrogen and oxygen atoms in total. The molecular formula is C10H13BrClNO2S. The van der Waals surface area contributed by atoms with Crippen molar-refractivity contribution in [1.29, 1.82) is 0 Å². The highest BCUT2D eigenvalue weighted by Gasteiger charge is 2.16. The molecule has 3 N–H and O–H groups in total. The summed E-state index contributed by atoms with van der Waals surface area (Å²) < 4.78 is 0.866. The van der Waals surface area contributed by atoms with E-state index in [2.05, 4.69) is 15.9 Å². The molecular weight excluding hydrogens is 314 g/mol. The van der Waals surface area contributed by atoms with Crippen molar-refractivity contribution in [1.82, 2.24) is 0 Å². The zero-order chi connectivity index (χ0) is 12.3. The van der Waals surface area contributed by atoms with Gasteiger partial charge in [-0.15, -0.1) is 11.3 Å². The van der Waals surface area contributed by atoms with Crippen molar-refractivity contribution >= 4 is 44.8 Å². The molecule has 0 bridgehead atoms. The van der Waals surface area contributed by atoms with Crippen molar-refractivity contribution in [3.63, 3.8) is 0 Å². The van der Waals surface area contributed by atoms with Crippen LogP contribution >= 0.6 is 38.9 Å². The molecule has 0 aliphatic heterocycles. The molecule has 0 amide bonds. The Morgan fingerprint density at radius 3 is 2.81 bits per heavy atom. The Kier molecular flexibility index (Phi) is 5.24. The van der Waals surface area contributed by atoms with Gasteiger partial charge in [-0.05, 0) is 34.3 Å². The highest BCUT2D eigenvalue weighted by Crippen LogP contribution is 2.36. The van der Waals surface area contributed by atoms with Crippen molar-refractivity contribution < 1.29 is 9.90 Å². The molecule has 0 fully saturated rings. The Labute approximate surface area is 112 Å². The fourth-order valence-corrected chi connectivity index (χ4v) is 3.24. The first-order chi connectivity index (χ1) is 7.40. The maximum atomic E-state index is 10.5. The number of rotatable bonds is 5. The summed E-state index contributed by atoms with van der Waals surface area (Å²) in [5.74, 6) is -0.725. The Morgan fingerprint density at radius 1 is 1.75 bits per heavy atom. The highest BCUT2D eigenvalue weighted by atomic mass is 79.9. The van der Waals surface area contributed by atoms with E-state index in [1.54, 1.807) is 0 Å². The van der Waals surface area contributed by atoms with Crippen molar-refractivity contribution in [3.05, 3.63) is 19.8 Å². The first kappa shape index (κ1) is 14.0. The van der Waals surface area contributed by atoms with Crippen molar-refractivity contribution in [2.24, 2.45) is 11.7 Å². The molecule has 1 rings (SSSR count). The van der Waals surface area contributed by atoms with Crippen LogP contribution in [0.1, 0.15) is 30.7 Å². The standard InChI is InChI=1S/C10H13BrClNO2S/c1-5(3-9(14)15)2-7(13)8-4-6(12)10(11)16-8/h4-5,7H,2-3,13H2,1H3,(H,14,15). The van der Waals surface area contributed by atoms with Crippen LogP contribution in [-0.2, 0) is 4.79 Å². The molecule has 2 unspecified atom stereocenters. The molecule has 1 heterocycles. The summed E-state index contributed by atoms with van der Waals surface area (Å²) in [6.07, 6.45) is 0.795. The number of thiophene rings is 1. The Bertz CT molecular complexity index is 363. The van der Waals surface area contributed by atoms with Crippen molar-refractivity contribution in [2.45, 2.75) is 25.8 Å².